The van der Waals surface area contributed by atoms with E-state index < -0.39 is 0 Å². The molecular formula is C19H15N3. The van der Waals surface area contributed by atoms with E-state index in [0.717, 1.165) is 6.54 Å². The minimum Gasteiger partial charge on any atom is -0.342 e. The number of pyridine rings is 2. The van der Waals surface area contributed by atoms with Crippen LogP contribution in [-0.4, -0.2) is 14.5 Å². The maximum atomic E-state index is 4.20. The van der Waals surface area contributed by atoms with Crippen LogP contribution in [0.5, 0.6) is 0 Å². The fraction of sp³-hybridized carbons (Fsp3) is 0.0526. The van der Waals surface area contributed by atoms with E-state index in [-0.39, 0.29) is 0 Å². The average molecular weight is 285 g/mol. The topological polar surface area (TPSA) is 30.7 Å². The molecule has 0 atom stereocenters. The highest BCUT2D eigenvalue weighted by Crippen LogP contribution is 2.30. The Morgan fingerprint density at radius 3 is 2.50 bits per heavy atom. The first-order valence-corrected chi connectivity index (χ1v) is 7.29. The van der Waals surface area contributed by atoms with Crippen molar-refractivity contribution in [1.29, 1.82) is 0 Å². The van der Waals surface area contributed by atoms with Gasteiger partial charge in [-0.2, -0.15) is 0 Å². The first-order valence-electron chi connectivity index (χ1n) is 7.29. The molecule has 0 bridgehead atoms. The fourth-order valence-corrected chi connectivity index (χ4v) is 2.83. The third-order valence-electron chi connectivity index (χ3n) is 3.86. The summed E-state index contributed by atoms with van der Waals surface area (Å²) in [6, 6.07) is 16.7. The number of hydrogen-bond acceptors (Lipinski definition) is 2. The molecule has 0 radical (unpaired) electrons. The molecule has 0 aliphatic rings. The molecule has 0 aliphatic heterocycles. The molecule has 0 saturated carbocycles. The van der Waals surface area contributed by atoms with Crippen LogP contribution < -0.4 is 0 Å². The predicted molar refractivity (Wildman–Crippen MR) is 88.5 cm³/mol. The van der Waals surface area contributed by atoms with Gasteiger partial charge in [0.25, 0.3) is 0 Å². The number of rotatable bonds is 3. The van der Waals surface area contributed by atoms with Crippen molar-refractivity contribution in [3.63, 3.8) is 0 Å². The summed E-state index contributed by atoms with van der Waals surface area (Å²) < 4.78 is 2.28. The van der Waals surface area contributed by atoms with Gasteiger partial charge in [-0.3, -0.25) is 9.97 Å². The van der Waals surface area contributed by atoms with E-state index in [0.29, 0.717) is 0 Å². The van der Waals surface area contributed by atoms with Crippen LogP contribution in [0.1, 0.15) is 5.56 Å². The third kappa shape index (κ3) is 2.27. The van der Waals surface area contributed by atoms with Crippen LogP contribution in [-0.2, 0) is 6.54 Å². The Hall–Kier alpha value is -2.94. The van der Waals surface area contributed by atoms with Gasteiger partial charge in [-0.05, 0) is 35.4 Å². The average Bonchev–Trinajstić information content (AvgIpc) is 2.96. The molecule has 22 heavy (non-hydrogen) atoms. The molecule has 3 aromatic heterocycles. The molecule has 106 valence electrons. The van der Waals surface area contributed by atoms with Crippen LogP contribution in [0.3, 0.4) is 0 Å². The summed E-state index contributed by atoms with van der Waals surface area (Å²) in [5, 5.41) is 1.26. The van der Waals surface area contributed by atoms with Gasteiger partial charge in [-0.25, -0.2) is 0 Å². The molecular weight excluding hydrogens is 270 g/mol. The van der Waals surface area contributed by atoms with E-state index in [1.165, 1.54) is 27.6 Å². The quantitative estimate of drug-likeness (QED) is 0.566. The lowest BCUT2D eigenvalue weighted by Crippen LogP contribution is -1.97. The van der Waals surface area contributed by atoms with Crippen molar-refractivity contribution < 1.29 is 0 Å². The zero-order valence-electron chi connectivity index (χ0n) is 12.1. The van der Waals surface area contributed by atoms with Gasteiger partial charge in [0, 0.05) is 54.0 Å². The highest BCUT2D eigenvalue weighted by Gasteiger charge is 2.10. The van der Waals surface area contributed by atoms with Gasteiger partial charge in [-0.1, -0.05) is 24.3 Å². The zero-order chi connectivity index (χ0) is 14.8. The lowest BCUT2D eigenvalue weighted by Gasteiger charge is -2.04. The van der Waals surface area contributed by atoms with Crippen LogP contribution in [0.15, 0.2) is 79.5 Å². The lowest BCUT2D eigenvalue weighted by atomic mass is 10.1. The molecule has 4 rings (SSSR count). The Bertz CT molecular complexity index is 896. The standard InChI is InChI=1S/C19H15N3/c1-2-6-19-17(5-1)18(16-7-10-20-11-8-16)14-22(19)13-15-4-3-9-21-12-15/h1-12,14H,13H2. The Morgan fingerprint density at radius 2 is 1.68 bits per heavy atom. The Balaban J connectivity index is 1.86. The largest absolute Gasteiger partial charge is 0.342 e. The highest BCUT2D eigenvalue weighted by atomic mass is 15.0. The molecule has 3 heteroatoms. The van der Waals surface area contributed by atoms with Crippen LogP contribution in [0.2, 0.25) is 0 Å². The first kappa shape index (κ1) is 12.8. The molecule has 3 nitrogen and oxygen atoms in total. The van der Waals surface area contributed by atoms with Crippen molar-refractivity contribution in [3.05, 3.63) is 85.1 Å². The summed E-state index contributed by atoms with van der Waals surface area (Å²) in [6.45, 7) is 0.819. The molecule has 0 N–H and O–H groups in total. The van der Waals surface area contributed by atoms with E-state index in [9.17, 15) is 0 Å². The number of para-hydroxylation sites is 1. The van der Waals surface area contributed by atoms with E-state index in [2.05, 4.69) is 63.2 Å². The molecule has 0 amide bonds. The maximum Gasteiger partial charge on any atom is 0.0491 e. The van der Waals surface area contributed by atoms with Gasteiger partial charge in [0.05, 0.1) is 0 Å². The molecule has 0 unspecified atom stereocenters. The monoisotopic (exact) mass is 285 g/mol. The van der Waals surface area contributed by atoms with E-state index in [1.807, 2.05) is 24.7 Å². The summed E-state index contributed by atoms with van der Waals surface area (Å²) in [5.41, 5.74) is 4.86. The summed E-state index contributed by atoms with van der Waals surface area (Å²) in [6.07, 6.45) is 9.61. The van der Waals surface area contributed by atoms with Crippen molar-refractivity contribution in [3.8, 4) is 11.1 Å². The van der Waals surface area contributed by atoms with E-state index in [1.54, 1.807) is 6.20 Å². The van der Waals surface area contributed by atoms with Crippen molar-refractivity contribution in [2.24, 2.45) is 0 Å². The minimum atomic E-state index is 0.819. The second-order valence-corrected chi connectivity index (χ2v) is 5.28. The predicted octanol–water partition coefficient (Wildman–Crippen LogP) is 4.15. The molecule has 1 aromatic carbocycles. The summed E-state index contributed by atoms with van der Waals surface area (Å²) >= 11 is 0. The van der Waals surface area contributed by atoms with Gasteiger partial charge in [0.15, 0.2) is 0 Å². The SMILES string of the molecule is c1cncc(Cn2cc(-c3ccncc3)c3ccccc32)c1. The van der Waals surface area contributed by atoms with Crippen molar-refractivity contribution in [2.45, 2.75) is 6.54 Å². The van der Waals surface area contributed by atoms with Crippen LogP contribution in [0.25, 0.3) is 22.0 Å². The zero-order valence-corrected chi connectivity index (χ0v) is 12.1. The molecule has 0 spiro atoms. The molecule has 0 aliphatic carbocycles. The van der Waals surface area contributed by atoms with Crippen LogP contribution in [0, 0.1) is 0 Å². The molecule has 0 saturated heterocycles. The third-order valence-corrected chi connectivity index (χ3v) is 3.86. The summed E-state index contributed by atoms with van der Waals surface area (Å²) in [7, 11) is 0. The normalized spacial score (nSPS) is 10.9. The molecule has 0 fully saturated rings. The van der Waals surface area contributed by atoms with Gasteiger partial charge in [0.2, 0.25) is 0 Å². The second-order valence-electron chi connectivity index (χ2n) is 5.28. The Kier molecular flexibility index (Phi) is 3.16. The van der Waals surface area contributed by atoms with Gasteiger partial charge in [-0.15, -0.1) is 0 Å². The highest BCUT2D eigenvalue weighted by molar-refractivity contribution is 5.96. The minimum absolute atomic E-state index is 0.819. The molecule has 4 aromatic rings. The van der Waals surface area contributed by atoms with Crippen LogP contribution >= 0.6 is 0 Å². The second kappa shape index (κ2) is 5.45. The van der Waals surface area contributed by atoms with Crippen molar-refractivity contribution in [2.75, 3.05) is 0 Å². The maximum absolute atomic E-state index is 4.20. The van der Waals surface area contributed by atoms with Crippen molar-refractivity contribution >= 4 is 10.9 Å². The smallest absolute Gasteiger partial charge is 0.0491 e. The lowest BCUT2D eigenvalue weighted by molar-refractivity contribution is 0.832. The van der Waals surface area contributed by atoms with Gasteiger partial charge < -0.3 is 4.57 Å². The number of aromatic nitrogens is 3. The Morgan fingerprint density at radius 1 is 0.818 bits per heavy atom. The number of hydrogen-bond donors (Lipinski definition) is 0. The summed E-state index contributed by atoms with van der Waals surface area (Å²) in [4.78, 5) is 8.31. The fourth-order valence-electron chi connectivity index (χ4n) is 2.83. The van der Waals surface area contributed by atoms with Crippen LogP contribution in [0.4, 0.5) is 0 Å². The van der Waals surface area contributed by atoms with E-state index >= 15 is 0 Å². The number of nitrogens with zero attached hydrogens (tertiary/aromatic N) is 3. The van der Waals surface area contributed by atoms with Gasteiger partial charge >= 0.3 is 0 Å². The Labute approximate surface area is 128 Å². The number of fused-ring (bicyclic) bond motifs is 1. The van der Waals surface area contributed by atoms with E-state index in [4.69, 9.17) is 0 Å². The molecule has 3 heterocycles. The first-order chi connectivity index (χ1) is 10.9. The van der Waals surface area contributed by atoms with Gasteiger partial charge in [0.1, 0.15) is 0 Å². The number of benzene rings is 1. The van der Waals surface area contributed by atoms with Crippen molar-refractivity contribution in [1.82, 2.24) is 14.5 Å². The summed E-state index contributed by atoms with van der Waals surface area (Å²) in [5.74, 6) is 0.